The number of para-hydroxylation sites is 1. The number of aromatic nitrogens is 3. The van der Waals surface area contributed by atoms with E-state index in [0.29, 0.717) is 35.3 Å². The van der Waals surface area contributed by atoms with Gasteiger partial charge in [-0.05, 0) is 38.8 Å². The molecule has 2 aromatic rings. The highest BCUT2D eigenvalue weighted by Gasteiger charge is 2.37. The van der Waals surface area contributed by atoms with E-state index in [-0.39, 0.29) is 17.4 Å². The molecule has 1 aromatic carbocycles. The molecule has 0 saturated heterocycles. The van der Waals surface area contributed by atoms with E-state index in [2.05, 4.69) is 34.7 Å². The van der Waals surface area contributed by atoms with Gasteiger partial charge in [0, 0.05) is 19.0 Å². The largest absolute Gasteiger partial charge is 0.494 e. The van der Waals surface area contributed by atoms with E-state index in [1.165, 1.54) is 0 Å². The molecule has 0 spiro atoms. The first-order valence-corrected chi connectivity index (χ1v) is 10.6. The zero-order valence-electron chi connectivity index (χ0n) is 18.6. The van der Waals surface area contributed by atoms with E-state index in [4.69, 9.17) is 14.7 Å². The van der Waals surface area contributed by atoms with Crippen LogP contribution in [0.2, 0.25) is 0 Å². The molecule has 3 heterocycles. The number of hydrazine groups is 1. The standard InChI is InChI=1S/C22H26N8O2/c1-22(2)11-30-20(26-22)16(10-17(27-30)25-21(31)13-8-9-13)24-15-7-5-6-14(18(15)32-4)19-23-12-29(3)28-19/h5-7,10,12-13,27H,8-9,11H2,1-4H3,(H,25,31). The van der Waals surface area contributed by atoms with E-state index in [1.54, 1.807) is 18.1 Å². The number of rotatable bonds is 5. The Hall–Kier alpha value is -3.69. The Morgan fingerprint density at radius 3 is 2.84 bits per heavy atom. The second-order valence-electron chi connectivity index (χ2n) is 8.86. The molecule has 5 rings (SSSR count). The number of carbonyl (C=O) groups excluding carboxylic acids is 1. The van der Waals surface area contributed by atoms with Crippen LogP contribution in [0.25, 0.3) is 11.4 Å². The summed E-state index contributed by atoms with van der Waals surface area (Å²) < 4.78 is 7.35. The Morgan fingerprint density at radius 2 is 2.16 bits per heavy atom. The highest BCUT2D eigenvalue weighted by Crippen LogP contribution is 2.37. The van der Waals surface area contributed by atoms with Crippen LogP contribution in [0.1, 0.15) is 26.7 Å². The first kappa shape index (κ1) is 20.2. The van der Waals surface area contributed by atoms with Crippen LogP contribution in [-0.4, -0.2) is 56.4 Å². The van der Waals surface area contributed by atoms with Crippen LogP contribution in [-0.2, 0) is 11.8 Å². The predicted molar refractivity (Wildman–Crippen MR) is 120 cm³/mol. The van der Waals surface area contributed by atoms with Gasteiger partial charge in [0.1, 0.15) is 23.5 Å². The van der Waals surface area contributed by atoms with Gasteiger partial charge in [0.15, 0.2) is 17.4 Å². The molecule has 0 unspecified atom stereocenters. The molecule has 1 aromatic heterocycles. The summed E-state index contributed by atoms with van der Waals surface area (Å²) in [6.45, 7) is 4.79. The predicted octanol–water partition coefficient (Wildman–Crippen LogP) is 1.94. The maximum Gasteiger partial charge on any atom is 0.228 e. The fourth-order valence-electron chi connectivity index (χ4n) is 3.83. The fraction of sp³-hybridized carbons (Fsp3) is 0.409. The number of carbonyl (C=O) groups is 1. The molecule has 1 aliphatic carbocycles. The third-order valence-corrected chi connectivity index (χ3v) is 5.46. The van der Waals surface area contributed by atoms with Crippen LogP contribution in [0.3, 0.4) is 0 Å². The van der Waals surface area contributed by atoms with E-state index in [1.807, 2.05) is 36.3 Å². The van der Waals surface area contributed by atoms with Crippen molar-refractivity contribution in [2.45, 2.75) is 32.2 Å². The SMILES string of the molecule is COc1c(N=C2C=C(NC(=O)C3CC3)NN3CC(C)(C)N=C23)cccc1-c1ncn(C)n1. The molecule has 2 N–H and O–H groups in total. The molecule has 0 atom stereocenters. The van der Waals surface area contributed by atoms with Crippen LogP contribution < -0.4 is 15.5 Å². The van der Waals surface area contributed by atoms with Crippen molar-refractivity contribution < 1.29 is 9.53 Å². The number of nitrogens with zero attached hydrogens (tertiary/aromatic N) is 6. The summed E-state index contributed by atoms with van der Waals surface area (Å²) >= 11 is 0. The van der Waals surface area contributed by atoms with Gasteiger partial charge in [0.05, 0.1) is 24.8 Å². The molecule has 166 valence electrons. The van der Waals surface area contributed by atoms with Crippen molar-refractivity contribution in [1.29, 1.82) is 0 Å². The van der Waals surface area contributed by atoms with Gasteiger partial charge >= 0.3 is 0 Å². The Morgan fingerprint density at radius 1 is 1.34 bits per heavy atom. The Kier molecular flexibility index (Phi) is 4.72. The average molecular weight is 435 g/mol. The lowest BCUT2D eigenvalue weighted by atomic mass is 10.1. The summed E-state index contributed by atoms with van der Waals surface area (Å²) in [6.07, 6.45) is 5.34. The van der Waals surface area contributed by atoms with Crippen molar-refractivity contribution in [2.24, 2.45) is 23.0 Å². The van der Waals surface area contributed by atoms with Crippen LogP contribution in [0.5, 0.6) is 5.75 Å². The maximum absolute atomic E-state index is 12.3. The number of aliphatic imine (C=N–C) groups is 2. The number of ether oxygens (including phenoxy) is 1. The number of benzene rings is 1. The number of hydrogen-bond donors (Lipinski definition) is 2. The summed E-state index contributed by atoms with van der Waals surface area (Å²) in [7, 11) is 3.42. The summed E-state index contributed by atoms with van der Waals surface area (Å²) in [6, 6.07) is 5.67. The Balaban J connectivity index is 1.57. The summed E-state index contributed by atoms with van der Waals surface area (Å²) in [4.78, 5) is 26.4. The van der Waals surface area contributed by atoms with Crippen molar-refractivity contribution in [3.05, 3.63) is 36.4 Å². The fourth-order valence-corrected chi connectivity index (χ4v) is 3.83. The quantitative estimate of drug-likeness (QED) is 0.745. The summed E-state index contributed by atoms with van der Waals surface area (Å²) in [5.41, 5.74) is 5.01. The van der Waals surface area contributed by atoms with Gasteiger partial charge in [-0.2, -0.15) is 5.10 Å². The molecular weight excluding hydrogens is 408 g/mol. The Bertz CT molecular complexity index is 1170. The zero-order chi connectivity index (χ0) is 22.5. The third-order valence-electron chi connectivity index (χ3n) is 5.46. The van der Waals surface area contributed by atoms with Gasteiger partial charge in [0.2, 0.25) is 5.91 Å². The molecule has 32 heavy (non-hydrogen) atoms. The van der Waals surface area contributed by atoms with Crippen molar-refractivity contribution in [1.82, 2.24) is 30.5 Å². The minimum absolute atomic E-state index is 0.0303. The number of amides is 1. The van der Waals surface area contributed by atoms with Crippen LogP contribution in [0, 0.1) is 5.92 Å². The van der Waals surface area contributed by atoms with Crippen LogP contribution in [0.15, 0.2) is 46.4 Å². The van der Waals surface area contributed by atoms with E-state index >= 15 is 0 Å². The van der Waals surface area contributed by atoms with Gasteiger partial charge in [-0.15, -0.1) is 0 Å². The monoisotopic (exact) mass is 434 g/mol. The maximum atomic E-state index is 12.3. The van der Waals surface area contributed by atoms with Gasteiger partial charge in [-0.25, -0.2) is 9.98 Å². The van der Waals surface area contributed by atoms with Crippen molar-refractivity contribution in [3.63, 3.8) is 0 Å². The van der Waals surface area contributed by atoms with Crippen molar-refractivity contribution in [2.75, 3.05) is 13.7 Å². The number of aryl methyl sites for hydroxylation is 1. The lowest BCUT2D eigenvalue weighted by molar-refractivity contribution is -0.121. The lowest BCUT2D eigenvalue weighted by Crippen LogP contribution is -2.51. The molecule has 1 saturated carbocycles. The second-order valence-corrected chi connectivity index (χ2v) is 8.86. The van der Waals surface area contributed by atoms with E-state index in [9.17, 15) is 4.79 Å². The minimum atomic E-state index is -0.281. The number of fused-ring (bicyclic) bond motifs is 1. The third kappa shape index (κ3) is 3.83. The van der Waals surface area contributed by atoms with Gasteiger partial charge < -0.3 is 10.1 Å². The lowest BCUT2D eigenvalue weighted by Gasteiger charge is -2.29. The first-order valence-electron chi connectivity index (χ1n) is 10.6. The second kappa shape index (κ2) is 7.47. The first-order chi connectivity index (χ1) is 15.3. The molecule has 1 fully saturated rings. The molecule has 10 heteroatoms. The van der Waals surface area contributed by atoms with Gasteiger partial charge in [-0.3, -0.25) is 24.9 Å². The zero-order valence-corrected chi connectivity index (χ0v) is 18.6. The number of amidine groups is 1. The van der Waals surface area contributed by atoms with Gasteiger partial charge in [0.25, 0.3) is 0 Å². The molecule has 0 radical (unpaired) electrons. The molecular formula is C22H26N8O2. The van der Waals surface area contributed by atoms with Crippen LogP contribution in [0.4, 0.5) is 5.69 Å². The van der Waals surface area contributed by atoms with Gasteiger partial charge in [-0.1, -0.05) is 6.07 Å². The number of hydrogen-bond acceptors (Lipinski definition) is 8. The molecule has 3 aliphatic rings. The van der Waals surface area contributed by atoms with Crippen LogP contribution >= 0.6 is 0 Å². The van der Waals surface area contributed by atoms with E-state index < -0.39 is 0 Å². The molecule has 1 amide bonds. The topological polar surface area (TPSA) is 109 Å². The minimum Gasteiger partial charge on any atom is -0.494 e. The smallest absolute Gasteiger partial charge is 0.228 e. The molecule has 0 bridgehead atoms. The average Bonchev–Trinajstić information content (AvgIpc) is 3.43. The summed E-state index contributed by atoms with van der Waals surface area (Å²) in [5, 5.41) is 9.31. The highest BCUT2D eigenvalue weighted by molar-refractivity contribution is 6.47. The van der Waals surface area contributed by atoms with Crippen molar-refractivity contribution >= 4 is 23.1 Å². The highest BCUT2D eigenvalue weighted by atomic mass is 16.5. The molecule has 2 aliphatic heterocycles. The van der Waals surface area contributed by atoms with E-state index in [0.717, 1.165) is 24.2 Å². The Labute approximate surface area is 186 Å². The number of nitrogens with one attached hydrogen (secondary N) is 2. The van der Waals surface area contributed by atoms with Crippen molar-refractivity contribution in [3.8, 4) is 17.1 Å². The molecule has 10 nitrogen and oxygen atoms in total. The normalized spacial score (nSPS) is 20.4. The summed E-state index contributed by atoms with van der Waals surface area (Å²) in [5.74, 6) is 2.59. The number of methoxy groups -OCH3 is 1.